The van der Waals surface area contributed by atoms with Crippen LogP contribution in [0.3, 0.4) is 0 Å². The zero-order chi connectivity index (χ0) is 24.0. The number of anilines is 1. The first-order valence-corrected chi connectivity index (χ1v) is 12.1. The number of hydrogen-bond donors (Lipinski definition) is 1. The van der Waals surface area contributed by atoms with E-state index in [0.717, 1.165) is 28.1 Å². The molecule has 0 saturated carbocycles. The van der Waals surface area contributed by atoms with Gasteiger partial charge in [0.1, 0.15) is 0 Å². The number of carbonyl (C=O) groups is 1. The molecule has 3 aromatic carbocycles. The second-order valence-corrected chi connectivity index (χ2v) is 9.18. The van der Waals surface area contributed by atoms with Crippen LogP contribution in [0.5, 0.6) is 0 Å². The highest BCUT2D eigenvalue weighted by atomic mass is 32.2. The molecule has 1 amide bonds. The zero-order valence-corrected chi connectivity index (χ0v) is 19.9. The van der Waals surface area contributed by atoms with Crippen molar-refractivity contribution < 1.29 is 4.79 Å². The van der Waals surface area contributed by atoms with Crippen LogP contribution in [-0.2, 0) is 4.79 Å². The fraction of sp³-hybridized carbons (Fsp3) is 0.0714. The van der Waals surface area contributed by atoms with Crippen LogP contribution in [0, 0.1) is 0 Å². The summed E-state index contributed by atoms with van der Waals surface area (Å²) in [5, 5.41) is 12.2. The van der Waals surface area contributed by atoms with Gasteiger partial charge in [0, 0.05) is 34.9 Å². The number of aromatic nitrogens is 4. The van der Waals surface area contributed by atoms with Crippen molar-refractivity contribution in [2.75, 3.05) is 5.32 Å². The first-order chi connectivity index (χ1) is 17.2. The highest BCUT2D eigenvalue weighted by molar-refractivity contribution is 8.00. The molecule has 0 aliphatic rings. The molecule has 35 heavy (non-hydrogen) atoms. The first kappa shape index (κ1) is 22.6. The topological polar surface area (TPSA) is 72.7 Å². The summed E-state index contributed by atoms with van der Waals surface area (Å²) in [4.78, 5) is 17.3. The Morgan fingerprint density at radius 2 is 1.46 bits per heavy atom. The number of hydrogen-bond acceptors (Lipinski definition) is 5. The molecule has 1 N–H and O–H groups in total. The number of nitrogens with zero attached hydrogens (tertiary/aromatic N) is 4. The molecule has 6 nitrogen and oxygen atoms in total. The summed E-state index contributed by atoms with van der Waals surface area (Å²) >= 11 is 1.37. The molecule has 0 saturated heterocycles. The fourth-order valence-electron chi connectivity index (χ4n) is 3.75. The molecule has 0 spiro atoms. The van der Waals surface area contributed by atoms with Gasteiger partial charge in [0.05, 0.1) is 5.25 Å². The molecule has 0 bridgehead atoms. The van der Waals surface area contributed by atoms with Crippen LogP contribution in [0.1, 0.15) is 6.92 Å². The maximum Gasteiger partial charge on any atom is 0.237 e. The number of carbonyl (C=O) groups excluding carboxylic acids is 1. The Bertz CT molecular complexity index is 1420. The Balaban J connectivity index is 1.42. The third-order valence-electron chi connectivity index (χ3n) is 5.51. The van der Waals surface area contributed by atoms with Gasteiger partial charge in [-0.05, 0) is 42.8 Å². The highest BCUT2D eigenvalue weighted by Crippen LogP contribution is 2.32. The monoisotopic (exact) mass is 477 g/mol. The number of para-hydroxylation sites is 2. The van der Waals surface area contributed by atoms with Crippen molar-refractivity contribution >= 4 is 23.4 Å². The van der Waals surface area contributed by atoms with Gasteiger partial charge in [-0.3, -0.25) is 14.3 Å². The third-order valence-corrected chi connectivity index (χ3v) is 6.55. The second-order valence-electron chi connectivity index (χ2n) is 7.87. The summed E-state index contributed by atoms with van der Waals surface area (Å²) in [5.41, 5.74) is 4.63. The summed E-state index contributed by atoms with van der Waals surface area (Å²) < 4.78 is 1.97. The number of benzene rings is 3. The maximum absolute atomic E-state index is 13.2. The molecule has 1 atom stereocenters. The quantitative estimate of drug-likeness (QED) is 0.286. The van der Waals surface area contributed by atoms with E-state index in [-0.39, 0.29) is 5.91 Å². The minimum atomic E-state index is -0.407. The standard InChI is InChI=1S/C28H23N5OS/c1-20(27(34)30-25-15-9-8-14-24(25)21-10-4-2-5-11-21)35-28-32-31-26(22-16-18-29-19-17-22)33(28)23-12-6-3-7-13-23/h2-20H,1H3,(H,30,34). The fourth-order valence-corrected chi connectivity index (χ4v) is 4.62. The normalized spacial score (nSPS) is 11.7. The number of nitrogens with one attached hydrogen (secondary N) is 1. The minimum absolute atomic E-state index is 0.105. The van der Waals surface area contributed by atoms with Gasteiger partial charge < -0.3 is 5.32 Å². The van der Waals surface area contributed by atoms with Crippen LogP contribution in [0.2, 0.25) is 0 Å². The Labute approximate surface area is 208 Å². The van der Waals surface area contributed by atoms with E-state index in [1.165, 1.54) is 11.8 Å². The van der Waals surface area contributed by atoms with Crippen molar-refractivity contribution in [3.63, 3.8) is 0 Å². The molecule has 2 heterocycles. The summed E-state index contributed by atoms with van der Waals surface area (Å²) in [7, 11) is 0. The van der Waals surface area contributed by atoms with Gasteiger partial charge in [0.15, 0.2) is 11.0 Å². The van der Waals surface area contributed by atoms with Crippen molar-refractivity contribution in [2.45, 2.75) is 17.3 Å². The van der Waals surface area contributed by atoms with Gasteiger partial charge in [-0.25, -0.2) is 0 Å². The van der Waals surface area contributed by atoms with Crippen LogP contribution in [0.4, 0.5) is 5.69 Å². The lowest BCUT2D eigenvalue weighted by molar-refractivity contribution is -0.115. The lowest BCUT2D eigenvalue weighted by Crippen LogP contribution is -2.23. The molecule has 172 valence electrons. The molecule has 5 aromatic rings. The van der Waals surface area contributed by atoms with Crippen LogP contribution in [0.15, 0.2) is 115 Å². The Kier molecular flexibility index (Phi) is 6.68. The van der Waals surface area contributed by atoms with Crippen LogP contribution in [0.25, 0.3) is 28.2 Å². The van der Waals surface area contributed by atoms with Gasteiger partial charge in [-0.2, -0.15) is 0 Å². The van der Waals surface area contributed by atoms with Crippen molar-refractivity contribution in [2.24, 2.45) is 0 Å². The molecule has 0 radical (unpaired) electrons. The zero-order valence-electron chi connectivity index (χ0n) is 19.1. The molecule has 5 rings (SSSR count). The number of pyridine rings is 1. The van der Waals surface area contributed by atoms with E-state index in [4.69, 9.17) is 0 Å². The van der Waals surface area contributed by atoms with Crippen molar-refractivity contribution in [3.8, 4) is 28.2 Å². The van der Waals surface area contributed by atoms with Gasteiger partial charge >= 0.3 is 0 Å². The van der Waals surface area contributed by atoms with E-state index in [1.54, 1.807) is 12.4 Å². The van der Waals surface area contributed by atoms with E-state index in [0.29, 0.717) is 11.0 Å². The van der Waals surface area contributed by atoms with Crippen molar-refractivity contribution in [1.29, 1.82) is 0 Å². The van der Waals surface area contributed by atoms with E-state index in [2.05, 4.69) is 20.5 Å². The summed E-state index contributed by atoms with van der Waals surface area (Å²) in [6.45, 7) is 1.88. The molecule has 1 unspecified atom stereocenters. The maximum atomic E-state index is 13.2. The predicted molar refractivity (Wildman–Crippen MR) is 140 cm³/mol. The second kappa shape index (κ2) is 10.4. The molecular formula is C28H23N5OS. The molecule has 0 aliphatic heterocycles. The summed E-state index contributed by atoms with van der Waals surface area (Å²) in [5.74, 6) is 0.592. The summed E-state index contributed by atoms with van der Waals surface area (Å²) in [6.07, 6.45) is 3.46. The SMILES string of the molecule is CC(Sc1nnc(-c2ccncc2)n1-c1ccccc1)C(=O)Nc1ccccc1-c1ccccc1. The Hall–Kier alpha value is -4.23. The van der Waals surface area contributed by atoms with E-state index in [9.17, 15) is 4.79 Å². The molecule has 7 heteroatoms. The number of rotatable bonds is 7. The van der Waals surface area contributed by atoms with Gasteiger partial charge in [-0.15, -0.1) is 10.2 Å². The average Bonchev–Trinajstić information content (AvgIpc) is 3.34. The predicted octanol–water partition coefficient (Wildman–Crippen LogP) is 6.12. The van der Waals surface area contributed by atoms with Crippen molar-refractivity contribution in [3.05, 3.63) is 109 Å². The number of amides is 1. The van der Waals surface area contributed by atoms with Gasteiger partial charge in [-0.1, -0.05) is 78.5 Å². The molecule has 0 aliphatic carbocycles. The summed E-state index contributed by atoms with van der Waals surface area (Å²) in [6, 6.07) is 31.5. The van der Waals surface area contributed by atoms with E-state index in [1.807, 2.05) is 109 Å². The lowest BCUT2D eigenvalue weighted by Gasteiger charge is -2.16. The number of thioether (sulfide) groups is 1. The Morgan fingerprint density at radius 3 is 2.20 bits per heavy atom. The average molecular weight is 478 g/mol. The lowest BCUT2D eigenvalue weighted by atomic mass is 10.0. The van der Waals surface area contributed by atoms with E-state index < -0.39 is 5.25 Å². The largest absolute Gasteiger partial charge is 0.325 e. The van der Waals surface area contributed by atoms with Crippen LogP contribution < -0.4 is 5.32 Å². The molecular weight excluding hydrogens is 454 g/mol. The van der Waals surface area contributed by atoms with Crippen molar-refractivity contribution in [1.82, 2.24) is 19.7 Å². The minimum Gasteiger partial charge on any atom is -0.325 e. The van der Waals surface area contributed by atoms with Crippen LogP contribution >= 0.6 is 11.8 Å². The van der Waals surface area contributed by atoms with Crippen LogP contribution in [-0.4, -0.2) is 30.9 Å². The smallest absolute Gasteiger partial charge is 0.237 e. The first-order valence-electron chi connectivity index (χ1n) is 11.2. The van der Waals surface area contributed by atoms with E-state index >= 15 is 0 Å². The Morgan fingerprint density at radius 1 is 0.800 bits per heavy atom. The highest BCUT2D eigenvalue weighted by Gasteiger charge is 2.22. The molecule has 0 fully saturated rings. The van der Waals surface area contributed by atoms with Gasteiger partial charge in [0.2, 0.25) is 5.91 Å². The third kappa shape index (κ3) is 5.00. The van der Waals surface area contributed by atoms with Gasteiger partial charge in [0.25, 0.3) is 0 Å². The molecule has 2 aromatic heterocycles.